The van der Waals surface area contributed by atoms with E-state index in [0.717, 1.165) is 30.8 Å². The summed E-state index contributed by atoms with van der Waals surface area (Å²) >= 11 is 1.05. The molecule has 1 fully saturated rings. The first-order valence-electron chi connectivity index (χ1n) is 6.18. The summed E-state index contributed by atoms with van der Waals surface area (Å²) in [5, 5.41) is 18.8. The standard InChI is InChI=1S/C11H17N5O2S/c1-7-8(19-16-14-7)9(17)13-11(10(12)15-18)5-3-2-4-6-11/h18H,2-6H2,1H3,(H2,12,15)(H,13,17). The van der Waals surface area contributed by atoms with E-state index in [4.69, 9.17) is 10.9 Å². The highest BCUT2D eigenvalue weighted by molar-refractivity contribution is 7.08. The second kappa shape index (κ2) is 5.52. The van der Waals surface area contributed by atoms with Gasteiger partial charge in [-0.3, -0.25) is 4.79 Å². The maximum Gasteiger partial charge on any atom is 0.265 e. The van der Waals surface area contributed by atoms with E-state index >= 15 is 0 Å². The fourth-order valence-corrected chi connectivity index (χ4v) is 2.96. The fraction of sp³-hybridized carbons (Fsp3) is 0.636. The number of carbonyl (C=O) groups excluding carboxylic acids is 1. The van der Waals surface area contributed by atoms with Gasteiger partial charge in [0.15, 0.2) is 5.84 Å². The Morgan fingerprint density at radius 2 is 2.16 bits per heavy atom. The lowest BCUT2D eigenvalue weighted by molar-refractivity contribution is 0.0909. The summed E-state index contributed by atoms with van der Waals surface area (Å²) in [5.74, 6) is -0.198. The number of rotatable bonds is 3. The molecule has 1 aromatic heterocycles. The molecule has 0 spiro atoms. The molecule has 1 aliphatic carbocycles. The predicted molar refractivity (Wildman–Crippen MR) is 71.3 cm³/mol. The molecule has 104 valence electrons. The molecule has 0 saturated heterocycles. The molecule has 0 atom stereocenters. The number of carbonyl (C=O) groups is 1. The van der Waals surface area contributed by atoms with E-state index in [1.54, 1.807) is 6.92 Å². The molecule has 1 aliphatic rings. The molecule has 2 rings (SSSR count). The maximum atomic E-state index is 12.2. The van der Waals surface area contributed by atoms with Crippen molar-refractivity contribution in [3.8, 4) is 0 Å². The van der Waals surface area contributed by atoms with Crippen LogP contribution in [0.4, 0.5) is 0 Å². The van der Waals surface area contributed by atoms with Crippen LogP contribution in [0.3, 0.4) is 0 Å². The van der Waals surface area contributed by atoms with Crippen molar-refractivity contribution in [2.45, 2.75) is 44.6 Å². The van der Waals surface area contributed by atoms with Crippen molar-refractivity contribution in [3.05, 3.63) is 10.6 Å². The summed E-state index contributed by atoms with van der Waals surface area (Å²) in [6.45, 7) is 1.73. The third-order valence-electron chi connectivity index (χ3n) is 3.52. The molecule has 1 aromatic rings. The summed E-state index contributed by atoms with van der Waals surface area (Å²) in [6.07, 6.45) is 4.34. The van der Waals surface area contributed by atoms with Gasteiger partial charge in [-0.15, -0.1) is 5.10 Å². The van der Waals surface area contributed by atoms with Crippen LogP contribution < -0.4 is 11.1 Å². The van der Waals surface area contributed by atoms with Crippen molar-refractivity contribution in [1.29, 1.82) is 0 Å². The quantitative estimate of drug-likeness (QED) is 0.332. The topological polar surface area (TPSA) is 113 Å². The zero-order valence-corrected chi connectivity index (χ0v) is 11.5. The number of nitrogens with two attached hydrogens (primary N) is 1. The number of nitrogens with one attached hydrogen (secondary N) is 1. The van der Waals surface area contributed by atoms with E-state index in [0.29, 0.717) is 23.4 Å². The van der Waals surface area contributed by atoms with E-state index in [9.17, 15) is 4.79 Å². The third kappa shape index (κ3) is 2.67. The Morgan fingerprint density at radius 1 is 1.47 bits per heavy atom. The van der Waals surface area contributed by atoms with Crippen LogP contribution >= 0.6 is 11.5 Å². The van der Waals surface area contributed by atoms with Crippen LogP contribution in [0, 0.1) is 6.92 Å². The van der Waals surface area contributed by atoms with Crippen molar-refractivity contribution in [2.75, 3.05) is 0 Å². The molecule has 4 N–H and O–H groups in total. The Hall–Kier alpha value is -1.70. The van der Waals surface area contributed by atoms with Gasteiger partial charge in [0.25, 0.3) is 5.91 Å². The lowest BCUT2D eigenvalue weighted by Gasteiger charge is -2.36. The molecular formula is C11H17N5O2S. The minimum atomic E-state index is -0.749. The van der Waals surface area contributed by atoms with Crippen LogP contribution in [0.15, 0.2) is 5.16 Å². The summed E-state index contributed by atoms with van der Waals surface area (Å²) in [7, 11) is 0. The summed E-state index contributed by atoms with van der Waals surface area (Å²) in [6, 6.07) is 0. The molecule has 0 bridgehead atoms. The van der Waals surface area contributed by atoms with Gasteiger partial charge in [-0.1, -0.05) is 28.9 Å². The van der Waals surface area contributed by atoms with Gasteiger partial charge in [-0.2, -0.15) is 0 Å². The first kappa shape index (κ1) is 13.7. The number of nitrogens with zero attached hydrogens (tertiary/aromatic N) is 3. The number of hydrogen-bond acceptors (Lipinski definition) is 6. The average Bonchev–Trinajstić information content (AvgIpc) is 2.85. The molecule has 1 amide bonds. The molecule has 0 aromatic carbocycles. The van der Waals surface area contributed by atoms with Crippen molar-refractivity contribution < 1.29 is 10.0 Å². The smallest absolute Gasteiger partial charge is 0.265 e. The highest BCUT2D eigenvalue weighted by Gasteiger charge is 2.38. The second-order valence-electron chi connectivity index (χ2n) is 4.77. The van der Waals surface area contributed by atoms with Gasteiger partial charge in [0.05, 0.1) is 5.69 Å². The Balaban J connectivity index is 2.21. The highest BCUT2D eigenvalue weighted by Crippen LogP contribution is 2.29. The van der Waals surface area contributed by atoms with Gasteiger partial charge in [0.1, 0.15) is 10.4 Å². The molecule has 0 aliphatic heterocycles. The van der Waals surface area contributed by atoms with Gasteiger partial charge in [-0.05, 0) is 31.3 Å². The van der Waals surface area contributed by atoms with Crippen molar-refractivity contribution in [1.82, 2.24) is 14.9 Å². The largest absolute Gasteiger partial charge is 0.409 e. The van der Waals surface area contributed by atoms with E-state index in [2.05, 4.69) is 20.1 Å². The van der Waals surface area contributed by atoms with Crippen LogP contribution in [0.25, 0.3) is 0 Å². The predicted octanol–water partition coefficient (Wildman–Crippen LogP) is 1.03. The molecule has 19 heavy (non-hydrogen) atoms. The molecule has 1 saturated carbocycles. The number of aromatic nitrogens is 2. The molecule has 1 heterocycles. The van der Waals surface area contributed by atoms with Gasteiger partial charge in [-0.25, -0.2) is 0 Å². The van der Waals surface area contributed by atoms with Gasteiger partial charge in [0, 0.05) is 0 Å². The van der Waals surface area contributed by atoms with E-state index in [1.165, 1.54) is 0 Å². The van der Waals surface area contributed by atoms with E-state index in [1.807, 2.05) is 0 Å². The van der Waals surface area contributed by atoms with Gasteiger partial charge in [0.2, 0.25) is 0 Å². The Morgan fingerprint density at radius 3 is 2.68 bits per heavy atom. The van der Waals surface area contributed by atoms with Crippen LogP contribution in [-0.4, -0.2) is 32.1 Å². The molecular weight excluding hydrogens is 266 g/mol. The Bertz CT molecular complexity index is 493. The number of aryl methyl sites for hydroxylation is 1. The SMILES string of the molecule is Cc1nnsc1C(=O)NC1(C(N)=NO)CCCCC1. The Labute approximate surface area is 115 Å². The van der Waals surface area contributed by atoms with Crippen LogP contribution in [-0.2, 0) is 0 Å². The van der Waals surface area contributed by atoms with Gasteiger partial charge >= 0.3 is 0 Å². The first-order chi connectivity index (χ1) is 9.09. The van der Waals surface area contributed by atoms with Gasteiger partial charge < -0.3 is 16.3 Å². The third-order valence-corrected chi connectivity index (χ3v) is 4.34. The fourth-order valence-electron chi connectivity index (χ4n) is 2.41. The molecule has 0 radical (unpaired) electrons. The first-order valence-corrected chi connectivity index (χ1v) is 6.96. The summed E-state index contributed by atoms with van der Waals surface area (Å²) in [4.78, 5) is 12.7. The minimum Gasteiger partial charge on any atom is -0.409 e. The zero-order chi connectivity index (χ0) is 13.9. The minimum absolute atomic E-state index is 0.0654. The van der Waals surface area contributed by atoms with Crippen molar-refractivity contribution >= 4 is 23.3 Å². The number of oxime groups is 1. The lowest BCUT2D eigenvalue weighted by Crippen LogP contribution is -2.58. The lowest BCUT2D eigenvalue weighted by atomic mass is 9.80. The molecule has 7 nitrogen and oxygen atoms in total. The molecule has 0 unspecified atom stereocenters. The van der Waals surface area contributed by atoms with Crippen LogP contribution in [0.5, 0.6) is 0 Å². The highest BCUT2D eigenvalue weighted by atomic mass is 32.1. The van der Waals surface area contributed by atoms with E-state index in [-0.39, 0.29) is 11.7 Å². The number of amides is 1. The second-order valence-corrected chi connectivity index (χ2v) is 5.52. The maximum absolute atomic E-state index is 12.2. The number of hydrogen-bond donors (Lipinski definition) is 3. The monoisotopic (exact) mass is 283 g/mol. The Kier molecular flexibility index (Phi) is 3.98. The number of amidine groups is 1. The average molecular weight is 283 g/mol. The van der Waals surface area contributed by atoms with E-state index < -0.39 is 5.54 Å². The zero-order valence-electron chi connectivity index (χ0n) is 10.7. The van der Waals surface area contributed by atoms with Crippen molar-refractivity contribution in [2.24, 2.45) is 10.9 Å². The molecule has 8 heteroatoms. The summed E-state index contributed by atoms with van der Waals surface area (Å²) in [5.41, 5.74) is 5.62. The van der Waals surface area contributed by atoms with Crippen LogP contribution in [0.1, 0.15) is 47.5 Å². The van der Waals surface area contributed by atoms with Crippen LogP contribution in [0.2, 0.25) is 0 Å². The van der Waals surface area contributed by atoms with Crippen molar-refractivity contribution in [3.63, 3.8) is 0 Å². The summed E-state index contributed by atoms with van der Waals surface area (Å²) < 4.78 is 3.74. The normalized spacial score (nSPS) is 19.1.